The maximum Gasteiger partial charge on any atom is 0.449 e. The van der Waals surface area contributed by atoms with Crippen LogP contribution in [0.25, 0.3) is 10.8 Å². The largest absolute Gasteiger partial charge is 0.455 e. The molecule has 2 N–H and O–H groups in total. The van der Waals surface area contributed by atoms with Gasteiger partial charge in [0.1, 0.15) is 5.76 Å². The molecule has 9 heteroatoms. The molecule has 2 amide bonds. The number of nitrogens with zero attached hydrogens (tertiary/aromatic N) is 1. The van der Waals surface area contributed by atoms with Gasteiger partial charge in [-0.3, -0.25) is 9.59 Å². The predicted molar refractivity (Wildman–Crippen MR) is 129 cm³/mol. The zero-order chi connectivity index (χ0) is 25.3. The minimum absolute atomic E-state index is 0.0405. The molecule has 0 fully saturated rings. The third-order valence-corrected chi connectivity index (χ3v) is 6.12. The standard InChI is InChI=1S/C26H20BrF3N2O3/c1-15-6-7-16-4-2-3-5-20(16)23(15)25(34)32(14-19-10-11-22(35-19)26(28,29)30)13-17-8-9-18(27)12-21(17)24(31)33/h2-12H,13-14H2,1H3,(H2,31,33). The average Bonchev–Trinajstić information content (AvgIpc) is 3.28. The summed E-state index contributed by atoms with van der Waals surface area (Å²) in [5, 5.41) is 1.56. The molecule has 4 rings (SSSR count). The van der Waals surface area contributed by atoms with Crippen LogP contribution in [0.2, 0.25) is 0 Å². The summed E-state index contributed by atoms with van der Waals surface area (Å²) < 4.78 is 44.9. The fourth-order valence-corrected chi connectivity index (χ4v) is 4.31. The number of hydrogen-bond acceptors (Lipinski definition) is 3. The summed E-state index contributed by atoms with van der Waals surface area (Å²) in [6.45, 7) is 1.47. The first-order valence-corrected chi connectivity index (χ1v) is 11.4. The van der Waals surface area contributed by atoms with E-state index in [1.54, 1.807) is 19.1 Å². The van der Waals surface area contributed by atoms with Crippen molar-refractivity contribution in [3.63, 3.8) is 0 Å². The number of benzene rings is 3. The Labute approximate surface area is 207 Å². The van der Waals surface area contributed by atoms with Crippen LogP contribution in [0.5, 0.6) is 0 Å². The lowest BCUT2D eigenvalue weighted by Gasteiger charge is -2.25. The van der Waals surface area contributed by atoms with Crippen LogP contribution in [0.1, 0.15) is 43.4 Å². The lowest BCUT2D eigenvalue weighted by atomic mass is 9.98. The van der Waals surface area contributed by atoms with E-state index in [4.69, 9.17) is 10.2 Å². The Morgan fingerprint density at radius 2 is 1.74 bits per heavy atom. The van der Waals surface area contributed by atoms with E-state index in [9.17, 15) is 22.8 Å². The van der Waals surface area contributed by atoms with Gasteiger partial charge in [-0.2, -0.15) is 13.2 Å². The van der Waals surface area contributed by atoms with Crippen LogP contribution in [-0.2, 0) is 19.3 Å². The molecule has 0 saturated heterocycles. The van der Waals surface area contributed by atoms with Crippen LogP contribution in [-0.4, -0.2) is 16.7 Å². The lowest BCUT2D eigenvalue weighted by Crippen LogP contribution is -2.31. The van der Waals surface area contributed by atoms with Crippen molar-refractivity contribution in [3.8, 4) is 0 Å². The van der Waals surface area contributed by atoms with Crippen LogP contribution in [0.3, 0.4) is 0 Å². The zero-order valence-electron chi connectivity index (χ0n) is 18.5. The molecule has 1 aromatic heterocycles. The molecule has 0 aliphatic heterocycles. The van der Waals surface area contributed by atoms with Gasteiger partial charge < -0.3 is 15.1 Å². The van der Waals surface area contributed by atoms with E-state index < -0.39 is 23.8 Å². The Hall–Kier alpha value is -3.59. The molecule has 5 nitrogen and oxygen atoms in total. The molecule has 35 heavy (non-hydrogen) atoms. The fraction of sp³-hybridized carbons (Fsp3) is 0.154. The Morgan fingerprint density at radius 1 is 1.00 bits per heavy atom. The maximum absolute atomic E-state index is 13.9. The molecular formula is C26H20BrF3N2O3. The number of hydrogen-bond donors (Lipinski definition) is 1. The molecule has 0 unspecified atom stereocenters. The molecule has 0 saturated carbocycles. The Balaban J connectivity index is 1.79. The summed E-state index contributed by atoms with van der Waals surface area (Å²) in [4.78, 5) is 27.3. The van der Waals surface area contributed by atoms with Crippen LogP contribution in [0.15, 0.2) is 75.6 Å². The molecule has 0 atom stereocenters. The van der Waals surface area contributed by atoms with E-state index in [1.807, 2.05) is 36.4 Å². The number of primary amides is 1. The first kappa shape index (κ1) is 24.5. The number of nitrogens with two attached hydrogens (primary N) is 1. The highest BCUT2D eigenvalue weighted by Gasteiger charge is 2.35. The number of amides is 2. The van der Waals surface area contributed by atoms with E-state index in [-0.39, 0.29) is 24.4 Å². The van der Waals surface area contributed by atoms with Crippen LogP contribution in [0, 0.1) is 6.92 Å². The number of alkyl halides is 3. The first-order valence-electron chi connectivity index (χ1n) is 10.6. The van der Waals surface area contributed by atoms with Crippen LogP contribution < -0.4 is 5.73 Å². The van der Waals surface area contributed by atoms with Gasteiger partial charge in [-0.1, -0.05) is 58.4 Å². The normalized spacial score (nSPS) is 11.6. The SMILES string of the molecule is Cc1ccc2ccccc2c1C(=O)N(Cc1ccc(C(F)(F)F)o1)Cc1ccc(Br)cc1C(N)=O. The van der Waals surface area contributed by atoms with Crippen molar-refractivity contribution in [2.45, 2.75) is 26.2 Å². The van der Waals surface area contributed by atoms with Crippen molar-refractivity contribution in [1.29, 1.82) is 0 Å². The molecule has 0 aliphatic carbocycles. The molecule has 0 aliphatic rings. The minimum atomic E-state index is -4.65. The van der Waals surface area contributed by atoms with Crippen molar-refractivity contribution in [2.24, 2.45) is 5.73 Å². The second kappa shape index (κ2) is 9.58. The number of carbonyl (C=O) groups is 2. The molecular weight excluding hydrogens is 525 g/mol. The number of fused-ring (bicyclic) bond motifs is 1. The van der Waals surface area contributed by atoms with Gasteiger partial charge in [0.15, 0.2) is 0 Å². The Kier molecular flexibility index (Phi) is 6.71. The topological polar surface area (TPSA) is 76.5 Å². The summed E-state index contributed by atoms with van der Waals surface area (Å²) in [6.07, 6.45) is -4.65. The van der Waals surface area contributed by atoms with Gasteiger partial charge in [0.2, 0.25) is 11.7 Å². The smallest absolute Gasteiger partial charge is 0.449 e. The Bertz CT molecular complexity index is 1430. The van der Waals surface area contributed by atoms with E-state index in [0.717, 1.165) is 11.5 Å². The minimum Gasteiger partial charge on any atom is -0.455 e. The summed E-state index contributed by atoms with van der Waals surface area (Å²) in [5.41, 5.74) is 7.32. The summed E-state index contributed by atoms with van der Waals surface area (Å²) in [5.74, 6) is -2.29. The second-order valence-electron chi connectivity index (χ2n) is 8.07. The molecule has 1 heterocycles. The van der Waals surface area contributed by atoms with Gasteiger partial charge in [-0.25, -0.2) is 0 Å². The van der Waals surface area contributed by atoms with Gasteiger partial charge in [0.25, 0.3) is 5.91 Å². The lowest BCUT2D eigenvalue weighted by molar-refractivity contribution is -0.153. The zero-order valence-corrected chi connectivity index (χ0v) is 20.1. The van der Waals surface area contributed by atoms with Crippen molar-refractivity contribution in [3.05, 3.63) is 105 Å². The first-order chi connectivity index (χ1) is 16.5. The van der Waals surface area contributed by atoms with Gasteiger partial charge in [-0.15, -0.1) is 0 Å². The van der Waals surface area contributed by atoms with E-state index in [1.165, 1.54) is 17.0 Å². The molecule has 180 valence electrons. The summed E-state index contributed by atoms with van der Waals surface area (Å²) in [6, 6.07) is 18.0. The average molecular weight is 545 g/mol. The van der Waals surface area contributed by atoms with Crippen molar-refractivity contribution >= 4 is 38.5 Å². The highest BCUT2D eigenvalue weighted by molar-refractivity contribution is 9.10. The van der Waals surface area contributed by atoms with Crippen LogP contribution >= 0.6 is 15.9 Å². The molecule has 0 spiro atoms. The number of rotatable bonds is 6. The summed E-state index contributed by atoms with van der Waals surface area (Å²) >= 11 is 3.30. The molecule has 0 bridgehead atoms. The fourth-order valence-electron chi connectivity index (χ4n) is 3.95. The van der Waals surface area contributed by atoms with E-state index >= 15 is 0 Å². The van der Waals surface area contributed by atoms with Crippen molar-refractivity contribution in [2.75, 3.05) is 0 Å². The quantitative estimate of drug-likeness (QED) is 0.302. The molecule has 4 aromatic rings. The van der Waals surface area contributed by atoms with Gasteiger partial charge >= 0.3 is 6.18 Å². The van der Waals surface area contributed by atoms with E-state index in [2.05, 4.69) is 15.9 Å². The molecule has 3 aromatic carbocycles. The van der Waals surface area contributed by atoms with Gasteiger partial charge in [0, 0.05) is 16.6 Å². The highest BCUT2D eigenvalue weighted by atomic mass is 79.9. The van der Waals surface area contributed by atoms with Gasteiger partial charge in [-0.05, 0) is 53.1 Å². The monoisotopic (exact) mass is 544 g/mol. The van der Waals surface area contributed by atoms with Crippen LogP contribution in [0.4, 0.5) is 13.2 Å². The third kappa shape index (κ3) is 5.24. The number of carbonyl (C=O) groups excluding carboxylic acids is 2. The van der Waals surface area contributed by atoms with Crippen molar-refractivity contribution in [1.82, 2.24) is 4.90 Å². The predicted octanol–water partition coefficient (Wildman–Crippen LogP) is 6.46. The Morgan fingerprint density at radius 3 is 2.43 bits per heavy atom. The number of furan rings is 1. The summed E-state index contributed by atoms with van der Waals surface area (Å²) in [7, 11) is 0. The second-order valence-corrected chi connectivity index (χ2v) is 8.98. The molecule has 0 radical (unpaired) electrons. The van der Waals surface area contributed by atoms with E-state index in [0.29, 0.717) is 26.5 Å². The highest BCUT2D eigenvalue weighted by Crippen LogP contribution is 2.32. The van der Waals surface area contributed by atoms with Gasteiger partial charge in [0.05, 0.1) is 12.1 Å². The number of halogens is 4. The van der Waals surface area contributed by atoms with Crippen molar-refractivity contribution < 1.29 is 27.2 Å². The maximum atomic E-state index is 13.9. The third-order valence-electron chi connectivity index (χ3n) is 5.62. The number of aryl methyl sites for hydroxylation is 1.